The van der Waals surface area contributed by atoms with Crippen LogP contribution in [0.4, 0.5) is 5.82 Å². The predicted molar refractivity (Wildman–Crippen MR) is 62.4 cm³/mol. The van der Waals surface area contributed by atoms with Gasteiger partial charge in [-0.25, -0.2) is 4.98 Å². The fourth-order valence-electron chi connectivity index (χ4n) is 2.53. The molecule has 1 aliphatic carbocycles. The van der Waals surface area contributed by atoms with Crippen molar-refractivity contribution in [1.82, 2.24) is 9.55 Å². The molecule has 4 nitrogen and oxygen atoms in total. The van der Waals surface area contributed by atoms with Crippen molar-refractivity contribution in [2.75, 3.05) is 18.9 Å². The molecule has 0 unspecified atom stereocenters. The second-order valence-electron chi connectivity index (χ2n) is 4.96. The molecule has 2 heterocycles. The quantitative estimate of drug-likeness (QED) is 0.828. The van der Waals surface area contributed by atoms with Crippen molar-refractivity contribution >= 4 is 5.82 Å². The molecule has 16 heavy (non-hydrogen) atoms. The summed E-state index contributed by atoms with van der Waals surface area (Å²) < 4.78 is 7.47. The van der Waals surface area contributed by atoms with Crippen molar-refractivity contribution in [3.63, 3.8) is 0 Å². The Morgan fingerprint density at radius 2 is 1.88 bits per heavy atom. The van der Waals surface area contributed by atoms with E-state index in [4.69, 9.17) is 15.5 Å². The van der Waals surface area contributed by atoms with Crippen LogP contribution in [0.3, 0.4) is 0 Å². The van der Waals surface area contributed by atoms with Crippen LogP contribution in [-0.2, 0) is 11.8 Å². The van der Waals surface area contributed by atoms with E-state index >= 15 is 0 Å². The minimum Gasteiger partial charge on any atom is -0.384 e. The summed E-state index contributed by atoms with van der Waals surface area (Å²) in [5, 5.41) is 0. The van der Waals surface area contributed by atoms with Crippen LogP contribution in [-0.4, -0.2) is 22.8 Å². The molecule has 0 aromatic carbocycles. The summed E-state index contributed by atoms with van der Waals surface area (Å²) in [6.07, 6.45) is 4.67. The van der Waals surface area contributed by atoms with Crippen molar-refractivity contribution < 1.29 is 4.74 Å². The van der Waals surface area contributed by atoms with Gasteiger partial charge in [-0.3, -0.25) is 0 Å². The lowest BCUT2D eigenvalue weighted by atomic mass is 9.96. The van der Waals surface area contributed by atoms with Crippen molar-refractivity contribution in [2.45, 2.75) is 37.5 Å². The monoisotopic (exact) mass is 221 g/mol. The molecule has 0 atom stereocenters. The molecule has 3 rings (SSSR count). The highest BCUT2D eigenvalue weighted by molar-refractivity contribution is 5.41. The maximum Gasteiger partial charge on any atom is 0.126 e. The number of hydrogen-bond donors (Lipinski definition) is 1. The minimum atomic E-state index is 0.507. The molecule has 88 valence electrons. The fraction of sp³-hybridized carbons (Fsp3) is 0.750. The molecular formula is C12H19N3O. The Bertz CT molecular complexity index is 389. The van der Waals surface area contributed by atoms with E-state index in [1.54, 1.807) is 0 Å². The first-order valence-electron chi connectivity index (χ1n) is 6.17. The zero-order valence-corrected chi connectivity index (χ0v) is 9.78. The number of imidazole rings is 1. The topological polar surface area (TPSA) is 53.1 Å². The number of aromatic nitrogens is 2. The highest BCUT2D eigenvalue weighted by Gasteiger charge is 2.31. The van der Waals surface area contributed by atoms with Crippen molar-refractivity contribution in [3.05, 3.63) is 11.5 Å². The van der Waals surface area contributed by atoms with Gasteiger partial charge in [0.15, 0.2) is 0 Å². The van der Waals surface area contributed by atoms with Gasteiger partial charge in [-0.15, -0.1) is 0 Å². The van der Waals surface area contributed by atoms with Gasteiger partial charge in [-0.2, -0.15) is 0 Å². The van der Waals surface area contributed by atoms with Crippen LogP contribution in [0.5, 0.6) is 0 Å². The summed E-state index contributed by atoms with van der Waals surface area (Å²) in [5.74, 6) is 3.24. The lowest BCUT2D eigenvalue weighted by molar-refractivity contribution is 0.0847. The van der Waals surface area contributed by atoms with Gasteiger partial charge in [0.05, 0.1) is 5.69 Å². The second kappa shape index (κ2) is 3.77. The van der Waals surface area contributed by atoms with Gasteiger partial charge in [0.1, 0.15) is 11.6 Å². The van der Waals surface area contributed by atoms with Gasteiger partial charge < -0.3 is 15.0 Å². The van der Waals surface area contributed by atoms with Crippen LogP contribution in [0.1, 0.15) is 49.0 Å². The Hall–Kier alpha value is -1.03. The number of rotatable bonds is 2. The van der Waals surface area contributed by atoms with E-state index in [1.165, 1.54) is 18.7 Å². The molecular weight excluding hydrogens is 202 g/mol. The van der Waals surface area contributed by atoms with Gasteiger partial charge in [0.2, 0.25) is 0 Å². The highest BCUT2D eigenvalue weighted by atomic mass is 16.5. The summed E-state index contributed by atoms with van der Waals surface area (Å²) in [4.78, 5) is 4.78. The molecule has 1 aliphatic heterocycles. The molecule has 4 heteroatoms. The van der Waals surface area contributed by atoms with E-state index < -0.39 is 0 Å². The second-order valence-corrected chi connectivity index (χ2v) is 4.96. The Morgan fingerprint density at radius 1 is 1.19 bits per heavy atom. The lowest BCUT2D eigenvalue weighted by Gasteiger charge is -2.20. The summed E-state index contributed by atoms with van der Waals surface area (Å²) in [7, 11) is 2.04. The minimum absolute atomic E-state index is 0.507. The van der Waals surface area contributed by atoms with Crippen molar-refractivity contribution in [2.24, 2.45) is 7.05 Å². The van der Waals surface area contributed by atoms with E-state index in [2.05, 4.69) is 4.57 Å². The van der Waals surface area contributed by atoms with Crippen molar-refractivity contribution in [1.29, 1.82) is 0 Å². The number of anilines is 1. The van der Waals surface area contributed by atoms with Crippen LogP contribution in [0.15, 0.2) is 0 Å². The molecule has 0 radical (unpaired) electrons. The average molecular weight is 221 g/mol. The normalized spacial score (nSPS) is 22.6. The molecule has 0 amide bonds. The summed E-state index contributed by atoms with van der Waals surface area (Å²) in [6.45, 7) is 1.69. The molecule has 0 bridgehead atoms. The molecule has 1 aromatic rings. The Morgan fingerprint density at radius 3 is 2.50 bits per heavy atom. The molecule has 1 aromatic heterocycles. The van der Waals surface area contributed by atoms with Crippen LogP contribution < -0.4 is 5.73 Å². The maximum atomic E-state index is 6.16. The standard InChI is InChI=1S/C12H19N3O/c1-15-11(13)10(8-4-6-16-7-5-8)14-12(15)9-2-3-9/h8-9H,2-7,13H2,1H3. The first-order chi connectivity index (χ1) is 7.77. The Balaban J connectivity index is 1.90. The van der Waals surface area contributed by atoms with E-state index in [0.29, 0.717) is 11.8 Å². The molecule has 1 saturated heterocycles. The predicted octanol–water partition coefficient (Wildman–Crippen LogP) is 1.77. The van der Waals surface area contributed by atoms with E-state index in [9.17, 15) is 0 Å². The van der Waals surface area contributed by atoms with Crippen LogP contribution in [0.25, 0.3) is 0 Å². The third-order valence-electron chi connectivity index (χ3n) is 3.75. The third-order valence-corrected chi connectivity index (χ3v) is 3.75. The van der Waals surface area contributed by atoms with Gasteiger partial charge in [0.25, 0.3) is 0 Å². The number of nitrogen functional groups attached to an aromatic ring is 1. The number of hydrogen-bond acceptors (Lipinski definition) is 3. The molecule has 2 N–H and O–H groups in total. The fourth-order valence-corrected chi connectivity index (χ4v) is 2.53. The first-order valence-corrected chi connectivity index (χ1v) is 6.17. The van der Waals surface area contributed by atoms with Crippen LogP contribution in [0, 0.1) is 0 Å². The number of nitrogens with zero attached hydrogens (tertiary/aromatic N) is 2. The zero-order valence-electron chi connectivity index (χ0n) is 9.78. The summed E-state index contributed by atoms with van der Waals surface area (Å²) in [6, 6.07) is 0. The SMILES string of the molecule is Cn1c(C2CC2)nc(C2CCOCC2)c1N. The molecule has 2 fully saturated rings. The number of nitrogens with two attached hydrogens (primary N) is 1. The van der Waals surface area contributed by atoms with Gasteiger partial charge in [0, 0.05) is 32.1 Å². The Labute approximate surface area is 95.8 Å². The van der Waals surface area contributed by atoms with Crippen LogP contribution in [0.2, 0.25) is 0 Å². The van der Waals surface area contributed by atoms with Gasteiger partial charge >= 0.3 is 0 Å². The van der Waals surface area contributed by atoms with Gasteiger partial charge in [-0.05, 0) is 25.7 Å². The van der Waals surface area contributed by atoms with E-state index in [0.717, 1.165) is 37.6 Å². The van der Waals surface area contributed by atoms with E-state index in [-0.39, 0.29) is 0 Å². The first kappa shape index (κ1) is 10.1. The Kier molecular flexibility index (Phi) is 2.39. The van der Waals surface area contributed by atoms with Gasteiger partial charge in [-0.1, -0.05) is 0 Å². The van der Waals surface area contributed by atoms with Crippen LogP contribution >= 0.6 is 0 Å². The van der Waals surface area contributed by atoms with Crippen molar-refractivity contribution in [3.8, 4) is 0 Å². The molecule has 2 aliphatic rings. The molecule has 0 spiro atoms. The maximum absolute atomic E-state index is 6.16. The average Bonchev–Trinajstić information content (AvgIpc) is 3.10. The smallest absolute Gasteiger partial charge is 0.126 e. The summed E-state index contributed by atoms with van der Waals surface area (Å²) >= 11 is 0. The summed E-state index contributed by atoms with van der Waals surface area (Å²) in [5.41, 5.74) is 7.28. The largest absolute Gasteiger partial charge is 0.384 e. The molecule has 1 saturated carbocycles. The highest BCUT2D eigenvalue weighted by Crippen LogP contribution is 2.42. The zero-order chi connectivity index (χ0) is 11.1. The number of ether oxygens (including phenoxy) is 1. The lowest BCUT2D eigenvalue weighted by Crippen LogP contribution is -2.15. The van der Waals surface area contributed by atoms with E-state index in [1.807, 2.05) is 7.05 Å². The third kappa shape index (κ3) is 1.61.